The van der Waals surface area contributed by atoms with Gasteiger partial charge in [0, 0.05) is 26.1 Å². The maximum Gasteiger partial charge on any atom is 0.269 e. The summed E-state index contributed by atoms with van der Waals surface area (Å²) in [6.45, 7) is 6.44. The average molecular weight is 309 g/mol. The number of benzene rings is 1. The fraction of sp³-hybridized carbons (Fsp3) is 0.368. The van der Waals surface area contributed by atoms with Gasteiger partial charge in [-0.25, -0.2) is 4.98 Å². The zero-order chi connectivity index (χ0) is 16.4. The minimum absolute atomic E-state index is 0.148. The molecule has 4 heteroatoms. The highest BCUT2D eigenvalue weighted by Gasteiger charge is 2.40. The van der Waals surface area contributed by atoms with E-state index in [-0.39, 0.29) is 11.3 Å². The van der Waals surface area contributed by atoms with Crippen LogP contribution in [-0.2, 0) is 0 Å². The molecule has 0 aliphatic carbocycles. The van der Waals surface area contributed by atoms with Gasteiger partial charge < -0.3 is 10.2 Å². The summed E-state index contributed by atoms with van der Waals surface area (Å²) >= 11 is 0. The first kappa shape index (κ1) is 15.5. The summed E-state index contributed by atoms with van der Waals surface area (Å²) in [5, 5.41) is 2.63. The van der Waals surface area contributed by atoms with E-state index in [0.717, 1.165) is 18.9 Å². The van der Waals surface area contributed by atoms with E-state index in [2.05, 4.69) is 59.4 Å². The Labute approximate surface area is 137 Å². The average Bonchev–Trinajstić information content (AvgIpc) is 2.90. The van der Waals surface area contributed by atoms with E-state index in [1.807, 2.05) is 12.1 Å². The molecule has 0 saturated carbocycles. The Morgan fingerprint density at radius 1 is 1.17 bits per heavy atom. The van der Waals surface area contributed by atoms with Gasteiger partial charge in [-0.3, -0.25) is 4.79 Å². The molecule has 0 unspecified atom stereocenters. The van der Waals surface area contributed by atoms with E-state index in [1.165, 1.54) is 5.56 Å². The molecule has 1 saturated heterocycles. The van der Waals surface area contributed by atoms with Crippen LogP contribution in [0.1, 0.15) is 35.8 Å². The molecule has 2 heterocycles. The minimum Gasteiger partial charge on any atom is -0.355 e. The number of rotatable bonds is 3. The molecule has 1 atom stereocenters. The van der Waals surface area contributed by atoms with Crippen LogP contribution in [0.3, 0.4) is 0 Å². The summed E-state index contributed by atoms with van der Waals surface area (Å²) in [6, 6.07) is 16.3. The molecule has 1 aromatic heterocycles. The summed E-state index contributed by atoms with van der Waals surface area (Å²) in [5.74, 6) is 1.18. The van der Waals surface area contributed by atoms with Crippen molar-refractivity contribution < 1.29 is 4.79 Å². The third-order valence-electron chi connectivity index (χ3n) is 4.66. The van der Waals surface area contributed by atoms with Crippen LogP contribution in [0.15, 0.2) is 48.5 Å². The summed E-state index contributed by atoms with van der Waals surface area (Å²) in [6.07, 6.45) is 0. The Morgan fingerprint density at radius 3 is 2.61 bits per heavy atom. The number of anilines is 1. The summed E-state index contributed by atoms with van der Waals surface area (Å²) < 4.78 is 0. The zero-order valence-electron chi connectivity index (χ0n) is 13.9. The highest BCUT2D eigenvalue weighted by Crippen LogP contribution is 2.43. The van der Waals surface area contributed by atoms with Gasteiger partial charge in [0.05, 0.1) is 0 Å². The second kappa shape index (κ2) is 6.03. The van der Waals surface area contributed by atoms with E-state index in [9.17, 15) is 4.79 Å². The number of pyridine rings is 1. The topological polar surface area (TPSA) is 45.2 Å². The molecule has 1 aromatic carbocycles. The SMILES string of the molecule is CNC(=O)c1cccc(N2C[C@H](c3ccccc3)C(C)(C)C2)n1. The highest BCUT2D eigenvalue weighted by atomic mass is 16.1. The molecule has 1 amide bonds. The summed E-state index contributed by atoms with van der Waals surface area (Å²) in [5.41, 5.74) is 1.99. The quantitative estimate of drug-likeness (QED) is 0.948. The van der Waals surface area contributed by atoms with Crippen LogP contribution < -0.4 is 10.2 Å². The fourth-order valence-electron chi connectivity index (χ4n) is 3.40. The smallest absolute Gasteiger partial charge is 0.269 e. The zero-order valence-corrected chi connectivity index (χ0v) is 13.9. The Hall–Kier alpha value is -2.36. The Kier molecular flexibility index (Phi) is 4.07. The number of amides is 1. The van der Waals surface area contributed by atoms with Crippen LogP contribution in [-0.4, -0.2) is 31.0 Å². The lowest BCUT2D eigenvalue weighted by Gasteiger charge is -2.25. The predicted molar refractivity (Wildman–Crippen MR) is 92.8 cm³/mol. The van der Waals surface area contributed by atoms with Gasteiger partial charge in [-0.2, -0.15) is 0 Å². The van der Waals surface area contributed by atoms with Crippen molar-refractivity contribution >= 4 is 11.7 Å². The van der Waals surface area contributed by atoms with Crippen LogP contribution >= 0.6 is 0 Å². The largest absolute Gasteiger partial charge is 0.355 e. The van der Waals surface area contributed by atoms with Crippen molar-refractivity contribution in [2.24, 2.45) is 5.41 Å². The Bertz CT molecular complexity index is 697. The molecule has 2 aromatic rings. The van der Waals surface area contributed by atoms with Gasteiger partial charge in [0.15, 0.2) is 0 Å². The van der Waals surface area contributed by atoms with Crippen molar-refractivity contribution in [1.82, 2.24) is 10.3 Å². The summed E-state index contributed by atoms with van der Waals surface area (Å²) in [7, 11) is 1.63. The number of carbonyl (C=O) groups excluding carboxylic acids is 1. The third-order valence-corrected chi connectivity index (χ3v) is 4.66. The lowest BCUT2D eigenvalue weighted by atomic mass is 9.78. The maximum absolute atomic E-state index is 11.8. The van der Waals surface area contributed by atoms with Crippen LogP contribution in [0.5, 0.6) is 0 Å². The lowest BCUT2D eigenvalue weighted by Crippen LogP contribution is -2.25. The molecule has 4 nitrogen and oxygen atoms in total. The molecule has 23 heavy (non-hydrogen) atoms. The normalized spacial score (nSPS) is 19.6. The second-order valence-corrected chi connectivity index (χ2v) is 6.79. The minimum atomic E-state index is -0.148. The van der Waals surface area contributed by atoms with Gasteiger partial charge in [-0.05, 0) is 23.1 Å². The molecule has 1 aliphatic rings. The van der Waals surface area contributed by atoms with E-state index in [4.69, 9.17) is 0 Å². The molecule has 0 spiro atoms. The van der Waals surface area contributed by atoms with Crippen LogP contribution in [0.2, 0.25) is 0 Å². The molecule has 1 N–H and O–H groups in total. The maximum atomic E-state index is 11.8. The molecule has 120 valence electrons. The monoisotopic (exact) mass is 309 g/mol. The fourth-order valence-corrected chi connectivity index (χ4v) is 3.40. The van der Waals surface area contributed by atoms with Crippen molar-refractivity contribution in [3.8, 4) is 0 Å². The molecule has 3 rings (SSSR count). The van der Waals surface area contributed by atoms with Gasteiger partial charge in [-0.15, -0.1) is 0 Å². The van der Waals surface area contributed by atoms with Crippen LogP contribution in [0.25, 0.3) is 0 Å². The van der Waals surface area contributed by atoms with Crippen molar-refractivity contribution in [2.45, 2.75) is 19.8 Å². The summed E-state index contributed by atoms with van der Waals surface area (Å²) in [4.78, 5) is 18.6. The van der Waals surface area contributed by atoms with E-state index < -0.39 is 0 Å². The highest BCUT2D eigenvalue weighted by molar-refractivity contribution is 5.92. The van der Waals surface area contributed by atoms with Crippen molar-refractivity contribution in [1.29, 1.82) is 0 Å². The Balaban J connectivity index is 1.87. The van der Waals surface area contributed by atoms with Crippen LogP contribution in [0.4, 0.5) is 5.82 Å². The van der Waals surface area contributed by atoms with E-state index >= 15 is 0 Å². The number of hydrogen-bond donors (Lipinski definition) is 1. The lowest BCUT2D eigenvalue weighted by molar-refractivity contribution is 0.0958. The van der Waals surface area contributed by atoms with E-state index in [0.29, 0.717) is 11.6 Å². The van der Waals surface area contributed by atoms with Gasteiger partial charge in [0.2, 0.25) is 0 Å². The number of hydrogen-bond acceptors (Lipinski definition) is 3. The number of aromatic nitrogens is 1. The first-order valence-electron chi connectivity index (χ1n) is 8.00. The van der Waals surface area contributed by atoms with Gasteiger partial charge >= 0.3 is 0 Å². The first-order valence-corrected chi connectivity index (χ1v) is 8.00. The number of carbonyl (C=O) groups is 1. The molecule has 1 fully saturated rings. The molecule has 0 radical (unpaired) electrons. The van der Waals surface area contributed by atoms with E-state index in [1.54, 1.807) is 13.1 Å². The van der Waals surface area contributed by atoms with Crippen LogP contribution in [0, 0.1) is 5.41 Å². The number of nitrogens with one attached hydrogen (secondary N) is 1. The molecule has 0 bridgehead atoms. The molecular weight excluding hydrogens is 286 g/mol. The molecule has 1 aliphatic heterocycles. The van der Waals surface area contributed by atoms with Gasteiger partial charge in [0.1, 0.15) is 11.5 Å². The predicted octanol–water partition coefficient (Wildman–Crippen LogP) is 3.07. The molecular formula is C19H23N3O. The van der Waals surface area contributed by atoms with Gasteiger partial charge in [0.25, 0.3) is 5.91 Å². The second-order valence-electron chi connectivity index (χ2n) is 6.79. The standard InChI is InChI=1S/C19H23N3O/c1-19(2)13-22(12-15(19)14-8-5-4-6-9-14)17-11-7-10-16(21-17)18(23)20-3/h4-11,15H,12-13H2,1-3H3,(H,20,23)/t15-/m1/s1. The Morgan fingerprint density at radius 2 is 1.91 bits per heavy atom. The van der Waals surface area contributed by atoms with Gasteiger partial charge in [-0.1, -0.05) is 50.2 Å². The third kappa shape index (κ3) is 3.07. The van der Waals surface area contributed by atoms with Crippen molar-refractivity contribution in [2.75, 3.05) is 25.0 Å². The first-order chi connectivity index (χ1) is 11.0. The van der Waals surface area contributed by atoms with Crippen molar-refractivity contribution in [3.05, 3.63) is 59.8 Å². The number of nitrogens with zero attached hydrogens (tertiary/aromatic N) is 2. The van der Waals surface area contributed by atoms with Crippen molar-refractivity contribution in [3.63, 3.8) is 0 Å².